The molecule has 3 heterocycles. The smallest absolute Gasteiger partial charge is 0.225 e. The molecule has 1 saturated heterocycles. The van der Waals surface area contributed by atoms with E-state index in [0.717, 1.165) is 41.2 Å². The van der Waals surface area contributed by atoms with Crippen molar-refractivity contribution in [3.63, 3.8) is 0 Å². The van der Waals surface area contributed by atoms with Crippen LogP contribution >= 0.6 is 0 Å². The lowest BCUT2D eigenvalue weighted by atomic mass is 9.97. The summed E-state index contributed by atoms with van der Waals surface area (Å²) in [6.45, 7) is 8.28. The molecular formula is C25H29N5O2. The summed E-state index contributed by atoms with van der Waals surface area (Å²) >= 11 is 0. The van der Waals surface area contributed by atoms with E-state index in [4.69, 9.17) is 9.72 Å². The number of nitriles is 1. The number of rotatable bonds is 7. The summed E-state index contributed by atoms with van der Waals surface area (Å²) in [4.78, 5) is 26.0. The van der Waals surface area contributed by atoms with Gasteiger partial charge in [0.2, 0.25) is 5.91 Å². The van der Waals surface area contributed by atoms with Gasteiger partial charge in [0.1, 0.15) is 11.9 Å². The lowest BCUT2D eigenvalue weighted by Gasteiger charge is -2.41. The van der Waals surface area contributed by atoms with Crippen LogP contribution in [0.3, 0.4) is 0 Å². The minimum absolute atomic E-state index is 0.0381. The van der Waals surface area contributed by atoms with Crippen LogP contribution in [0.5, 0.6) is 0 Å². The van der Waals surface area contributed by atoms with Crippen molar-refractivity contribution < 1.29 is 9.53 Å². The van der Waals surface area contributed by atoms with Gasteiger partial charge in [0.05, 0.1) is 30.0 Å². The van der Waals surface area contributed by atoms with Gasteiger partial charge in [-0.15, -0.1) is 0 Å². The predicted molar refractivity (Wildman–Crippen MR) is 124 cm³/mol. The number of carbonyl (C=O) groups is 1. The molecule has 0 spiro atoms. The molecule has 1 aliphatic carbocycles. The largest absolute Gasteiger partial charge is 0.384 e. The molecule has 4 rings (SSSR count). The van der Waals surface area contributed by atoms with Gasteiger partial charge in [-0.05, 0) is 38.0 Å². The first-order valence-electron chi connectivity index (χ1n) is 11.1. The zero-order valence-corrected chi connectivity index (χ0v) is 18.8. The lowest BCUT2D eigenvalue weighted by molar-refractivity contribution is -0.134. The van der Waals surface area contributed by atoms with Crippen LogP contribution in [0.1, 0.15) is 49.1 Å². The van der Waals surface area contributed by atoms with Crippen molar-refractivity contribution in [2.24, 2.45) is 0 Å². The number of aromatic nitrogens is 2. The second-order valence-corrected chi connectivity index (χ2v) is 8.44. The van der Waals surface area contributed by atoms with Gasteiger partial charge in [0.15, 0.2) is 0 Å². The molecule has 2 aromatic rings. The van der Waals surface area contributed by atoms with Crippen LogP contribution in [-0.2, 0) is 9.53 Å². The van der Waals surface area contributed by atoms with Crippen LogP contribution in [0.25, 0.3) is 17.2 Å². The molecule has 2 fully saturated rings. The Morgan fingerprint density at radius 3 is 2.84 bits per heavy atom. The number of ether oxygens (including phenoxy) is 1. The maximum absolute atomic E-state index is 12.5. The highest BCUT2D eigenvalue weighted by Gasteiger charge is 2.33. The molecule has 2 aliphatic rings. The summed E-state index contributed by atoms with van der Waals surface area (Å²) < 4.78 is 5.05. The Morgan fingerprint density at radius 1 is 1.38 bits per heavy atom. The van der Waals surface area contributed by atoms with Crippen LogP contribution in [-0.4, -0.2) is 60.2 Å². The monoisotopic (exact) mass is 431 g/mol. The lowest BCUT2D eigenvalue weighted by Crippen LogP contribution is -2.54. The molecular weight excluding hydrogens is 402 g/mol. The average Bonchev–Trinajstić information content (AvgIpc) is 3.67. The van der Waals surface area contributed by atoms with Crippen LogP contribution in [0.2, 0.25) is 0 Å². The first-order valence-corrected chi connectivity index (χ1v) is 11.1. The number of anilines is 1. The standard InChI is InChI=1S/C25H29N5O2/c1-4-22-20(6-5-10-27-22)21-14-19(15-26)25(28-24(21)18-7-8-18)29-11-12-30(17(2)16-29)23(31)9-13-32-3/h4-6,10,14,17-18H,1,7-9,11-13,16H2,2-3H3/t17-/m1/s1. The fourth-order valence-electron chi connectivity index (χ4n) is 4.39. The molecule has 0 bridgehead atoms. The van der Waals surface area contributed by atoms with E-state index in [1.54, 1.807) is 19.4 Å². The minimum atomic E-state index is 0.0381. The zero-order chi connectivity index (χ0) is 22.7. The van der Waals surface area contributed by atoms with Gasteiger partial charge in [0.25, 0.3) is 0 Å². The highest BCUT2D eigenvalue weighted by Crippen LogP contribution is 2.45. The van der Waals surface area contributed by atoms with Crippen molar-refractivity contribution >= 4 is 17.8 Å². The Hall–Kier alpha value is -3.24. The van der Waals surface area contributed by atoms with Gasteiger partial charge < -0.3 is 14.5 Å². The summed E-state index contributed by atoms with van der Waals surface area (Å²) in [5.74, 6) is 1.23. The van der Waals surface area contributed by atoms with Crippen LogP contribution in [0.15, 0.2) is 31.0 Å². The number of methoxy groups -OCH3 is 1. The molecule has 1 aliphatic heterocycles. The first kappa shape index (κ1) is 22.0. The van der Waals surface area contributed by atoms with E-state index in [1.165, 1.54) is 0 Å². The van der Waals surface area contributed by atoms with Crippen molar-refractivity contribution in [1.82, 2.24) is 14.9 Å². The van der Waals surface area contributed by atoms with Gasteiger partial charge in [-0.3, -0.25) is 9.78 Å². The SMILES string of the molecule is C=Cc1ncccc1-c1cc(C#N)c(N2CCN(C(=O)CCOC)[C@H](C)C2)nc1C1CC1. The second-order valence-electron chi connectivity index (χ2n) is 8.44. The van der Waals surface area contributed by atoms with Crippen molar-refractivity contribution in [2.45, 2.75) is 38.1 Å². The Morgan fingerprint density at radius 2 is 2.19 bits per heavy atom. The third-order valence-electron chi connectivity index (χ3n) is 6.21. The number of hydrogen-bond donors (Lipinski definition) is 0. The minimum Gasteiger partial charge on any atom is -0.384 e. The molecule has 0 N–H and O–H groups in total. The molecule has 2 aromatic heterocycles. The van der Waals surface area contributed by atoms with Gasteiger partial charge >= 0.3 is 0 Å². The quantitative estimate of drug-likeness (QED) is 0.666. The topological polar surface area (TPSA) is 82.4 Å². The molecule has 0 aromatic carbocycles. The summed E-state index contributed by atoms with van der Waals surface area (Å²) in [5.41, 5.74) is 4.31. The number of nitrogens with zero attached hydrogens (tertiary/aromatic N) is 5. The van der Waals surface area contributed by atoms with E-state index in [9.17, 15) is 10.1 Å². The van der Waals surface area contributed by atoms with E-state index >= 15 is 0 Å². The van der Waals surface area contributed by atoms with E-state index < -0.39 is 0 Å². The van der Waals surface area contributed by atoms with Crippen molar-refractivity contribution in [1.29, 1.82) is 5.26 Å². The summed E-state index contributed by atoms with van der Waals surface area (Å²) in [7, 11) is 1.61. The maximum atomic E-state index is 12.5. The van der Waals surface area contributed by atoms with E-state index in [0.29, 0.717) is 44.1 Å². The third-order valence-corrected chi connectivity index (χ3v) is 6.21. The van der Waals surface area contributed by atoms with Gasteiger partial charge in [-0.1, -0.05) is 12.6 Å². The number of amides is 1. The highest BCUT2D eigenvalue weighted by atomic mass is 16.5. The fourth-order valence-corrected chi connectivity index (χ4v) is 4.39. The van der Waals surface area contributed by atoms with Crippen LogP contribution in [0, 0.1) is 11.3 Å². The first-order chi connectivity index (χ1) is 15.6. The average molecular weight is 432 g/mol. The van der Waals surface area contributed by atoms with Gasteiger partial charge in [0, 0.05) is 56.0 Å². The Bertz CT molecular complexity index is 1060. The van der Waals surface area contributed by atoms with E-state index in [2.05, 4.69) is 22.5 Å². The summed E-state index contributed by atoms with van der Waals surface area (Å²) in [6.07, 6.45) is 6.09. The van der Waals surface area contributed by atoms with Crippen molar-refractivity contribution in [3.05, 3.63) is 47.9 Å². The third kappa shape index (κ3) is 4.37. The molecule has 0 unspecified atom stereocenters. The molecule has 32 heavy (non-hydrogen) atoms. The number of piperazine rings is 1. The Balaban J connectivity index is 1.66. The number of carbonyl (C=O) groups excluding carboxylic acids is 1. The second kappa shape index (κ2) is 9.49. The van der Waals surface area contributed by atoms with Gasteiger partial charge in [-0.2, -0.15) is 5.26 Å². The number of hydrogen-bond acceptors (Lipinski definition) is 6. The van der Waals surface area contributed by atoms with Crippen molar-refractivity contribution in [2.75, 3.05) is 38.3 Å². The Kier molecular flexibility index (Phi) is 6.52. The fraction of sp³-hybridized carbons (Fsp3) is 0.440. The zero-order valence-electron chi connectivity index (χ0n) is 18.8. The molecule has 7 nitrogen and oxygen atoms in total. The van der Waals surface area contributed by atoms with E-state index in [-0.39, 0.29) is 11.9 Å². The highest BCUT2D eigenvalue weighted by molar-refractivity contribution is 5.79. The molecule has 0 radical (unpaired) electrons. The van der Waals surface area contributed by atoms with E-state index in [1.807, 2.05) is 30.0 Å². The summed E-state index contributed by atoms with van der Waals surface area (Å²) in [5, 5.41) is 9.96. The molecule has 166 valence electrons. The van der Waals surface area contributed by atoms with Crippen LogP contribution < -0.4 is 4.90 Å². The molecule has 1 amide bonds. The Labute approximate surface area is 189 Å². The number of pyridine rings is 2. The molecule has 1 saturated carbocycles. The predicted octanol–water partition coefficient (Wildman–Crippen LogP) is 3.61. The molecule has 1 atom stereocenters. The summed E-state index contributed by atoms with van der Waals surface area (Å²) in [6, 6.07) is 8.27. The van der Waals surface area contributed by atoms with Crippen molar-refractivity contribution in [3.8, 4) is 17.2 Å². The maximum Gasteiger partial charge on any atom is 0.225 e. The molecule has 7 heteroatoms. The van der Waals surface area contributed by atoms with Crippen LogP contribution in [0.4, 0.5) is 5.82 Å². The normalized spacial score (nSPS) is 18.3. The van der Waals surface area contributed by atoms with Gasteiger partial charge in [-0.25, -0.2) is 4.98 Å².